The molecule has 0 aliphatic heterocycles. The van der Waals surface area contributed by atoms with E-state index in [9.17, 15) is 9.59 Å². The van der Waals surface area contributed by atoms with Crippen molar-refractivity contribution in [3.05, 3.63) is 12.2 Å². The molecule has 0 aromatic carbocycles. The van der Waals surface area contributed by atoms with Crippen molar-refractivity contribution >= 4 is 12.6 Å². The summed E-state index contributed by atoms with van der Waals surface area (Å²) in [6, 6.07) is 0. The lowest BCUT2D eigenvalue weighted by atomic mass is 10.0. The van der Waals surface area contributed by atoms with Crippen LogP contribution in [0.15, 0.2) is 12.2 Å². The lowest BCUT2D eigenvalue weighted by Crippen LogP contribution is -2.02. The second-order valence-corrected chi connectivity index (χ2v) is 1.99. The van der Waals surface area contributed by atoms with Gasteiger partial charge in [0.25, 0.3) is 0 Å². The predicted octanol–water partition coefficient (Wildman–Crippen LogP) is 0.967. The van der Waals surface area contributed by atoms with Gasteiger partial charge in [-0.15, -0.1) is 0 Å². The molecular weight excluding hydrogens is 116 g/mol. The highest BCUT2D eigenvalue weighted by Crippen LogP contribution is 2.06. The van der Waals surface area contributed by atoms with Crippen molar-refractivity contribution in [3.63, 3.8) is 0 Å². The Kier molecular flexibility index (Phi) is 3.60. The largest absolute Gasteiger partial charge is 0.303 e. The summed E-state index contributed by atoms with van der Waals surface area (Å²) >= 11 is 0. The third-order valence-corrected chi connectivity index (χ3v) is 1.15. The van der Waals surface area contributed by atoms with Crippen LogP contribution in [0.4, 0.5) is 0 Å². The van der Waals surface area contributed by atoms with E-state index in [-0.39, 0.29) is 12.3 Å². The molecule has 0 N–H and O–H groups in total. The van der Waals surface area contributed by atoms with Gasteiger partial charge in [-0.05, 0) is 6.92 Å². The molecule has 9 heavy (non-hydrogen) atoms. The molecule has 2 nitrogen and oxygen atoms in total. The molecule has 50 valence electrons. The Hall–Kier alpha value is -0.920. The Balaban J connectivity index is 3.81. The summed E-state index contributed by atoms with van der Waals surface area (Å²) in [7, 11) is 0. The zero-order valence-corrected chi connectivity index (χ0v) is 5.46. The third-order valence-electron chi connectivity index (χ3n) is 1.15. The molecule has 0 amide bonds. The Morgan fingerprint density at radius 1 is 1.67 bits per heavy atom. The van der Waals surface area contributed by atoms with Crippen LogP contribution in [0.3, 0.4) is 0 Å². The number of hydrogen-bond acceptors (Lipinski definition) is 2. The molecule has 0 aromatic rings. The van der Waals surface area contributed by atoms with Gasteiger partial charge in [0.15, 0.2) is 0 Å². The van der Waals surface area contributed by atoms with E-state index in [4.69, 9.17) is 0 Å². The Bertz CT molecular complexity index is 127. The van der Waals surface area contributed by atoms with Gasteiger partial charge in [-0.25, -0.2) is 0 Å². The van der Waals surface area contributed by atoms with Gasteiger partial charge < -0.3 is 9.59 Å². The number of aldehydes is 2. The van der Waals surface area contributed by atoms with E-state index < -0.39 is 0 Å². The molecule has 0 fully saturated rings. The zero-order valence-electron chi connectivity index (χ0n) is 5.46. The van der Waals surface area contributed by atoms with Crippen molar-refractivity contribution in [1.29, 1.82) is 0 Å². The fourth-order valence-electron chi connectivity index (χ4n) is 0.477. The molecule has 0 radical (unpaired) electrons. The summed E-state index contributed by atoms with van der Waals surface area (Å²) in [5, 5.41) is 0. The van der Waals surface area contributed by atoms with Gasteiger partial charge in [-0.2, -0.15) is 0 Å². The van der Waals surface area contributed by atoms with E-state index in [2.05, 4.69) is 6.58 Å². The molecule has 1 unspecified atom stereocenters. The second-order valence-electron chi connectivity index (χ2n) is 1.99. The lowest BCUT2D eigenvalue weighted by molar-refractivity contribution is -0.114. The van der Waals surface area contributed by atoms with Gasteiger partial charge in [-0.1, -0.05) is 12.2 Å². The molecule has 0 aromatic heterocycles. The first-order valence-electron chi connectivity index (χ1n) is 2.76. The highest BCUT2D eigenvalue weighted by Gasteiger charge is 2.04. The van der Waals surface area contributed by atoms with Crippen molar-refractivity contribution in [2.45, 2.75) is 13.3 Å². The maximum absolute atomic E-state index is 10.1. The van der Waals surface area contributed by atoms with Crippen molar-refractivity contribution in [1.82, 2.24) is 0 Å². The summed E-state index contributed by atoms with van der Waals surface area (Å²) in [6.45, 7) is 5.29. The Labute approximate surface area is 54.6 Å². The molecule has 0 aliphatic carbocycles. The Morgan fingerprint density at radius 2 is 2.22 bits per heavy atom. The number of rotatable bonds is 4. The first-order valence-corrected chi connectivity index (χ1v) is 2.76. The Morgan fingerprint density at radius 3 is 2.33 bits per heavy atom. The van der Waals surface area contributed by atoms with Gasteiger partial charge >= 0.3 is 0 Å². The summed E-state index contributed by atoms with van der Waals surface area (Å²) in [5.74, 6) is -0.275. The average Bonchev–Trinajstić information content (AvgIpc) is 1.82. The zero-order chi connectivity index (χ0) is 7.28. The fourth-order valence-corrected chi connectivity index (χ4v) is 0.477. The van der Waals surface area contributed by atoms with E-state index >= 15 is 0 Å². The SMILES string of the molecule is C=C(C)C(C=O)CC=O. The van der Waals surface area contributed by atoms with Crippen LogP contribution in [-0.2, 0) is 9.59 Å². The maximum atomic E-state index is 10.1. The van der Waals surface area contributed by atoms with Crippen LogP contribution in [0.25, 0.3) is 0 Å². The molecule has 0 bridgehead atoms. The van der Waals surface area contributed by atoms with E-state index in [0.29, 0.717) is 0 Å². The monoisotopic (exact) mass is 126 g/mol. The molecule has 0 heterocycles. The van der Waals surface area contributed by atoms with E-state index in [1.54, 1.807) is 6.92 Å². The van der Waals surface area contributed by atoms with Gasteiger partial charge in [0.05, 0.1) is 0 Å². The van der Waals surface area contributed by atoms with Crippen LogP contribution in [0.1, 0.15) is 13.3 Å². The number of carbonyl (C=O) groups excluding carboxylic acids is 2. The van der Waals surface area contributed by atoms with E-state index in [0.717, 1.165) is 18.1 Å². The maximum Gasteiger partial charge on any atom is 0.127 e. The highest BCUT2D eigenvalue weighted by molar-refractivity contribution is 5.65. The molecule has 0 aliphatic rings. The van der Waals surface area contributed by atoms with Crippen molar-refractivity contribution in [2.24, 2.45) is 5.92 Å². The van der Waals surface area contributed by atoms with Gasteiger partial charge in [0.1, 0.15) is 12.6 Å². The molecule has 0 rings (SSSR count). The van der Waals surface area contributed by atoms with Crippen LogP contribution in [0, 0.1) is 5.92 Å². The highest BCUT2D eigenvalue weighted by atomic mass is 16.1. The fraction of sp³-hybridized carbons (Fsp3) is 0.429. The minimum atomic E-state index is -0.275. The van der Waals surface area contributed by atoms with Crippen molar-refractivity contribution in [3.8, 4) is 0 Å². The first-order chi connectivity index (χ1) is 4.22. The lowest BCUT2D eigenvalue weighted by Gasteiger charge is -2.02. The molecule has 2 heteroatoms. The number of carbonyl (C=O) groups is 2. The standard InChI is InChI=1S/C7H10O2/c1-6(2)7(5-9)3-4-8/h4-5,7H,1,3H2,2H3. The topological polar surface area (TPSA) is 34.1 Å². The average molecular weight is 126 g/mol. The van der Waals surface area contributed by atoms with Gasteiger partial charge in [0.2, 0.25) is 0 Å². The number of allylic oxidation sites excluding steroid dienone is 1. The predicted molar refractivity (Wildman–Crippen MR) is 35.0 cm³/mol. The summed E-state index contributed by atoms with van der Waals surface area (Å²) in [5.41, 5.74) is 0.747. The quantitative estimate of drug-likeness (QED) is 0.415. The van der Waals surface area contributed by atoms with Gasteiger partial charge in [-0.3, -0.25) is 0 Å². The van der Waals surface area contributed by atoms with Crippen molar-refractivity contribution < 1.29 is 9.59 Å². The second kappa shape index (κ2) is 4.01. The molecular formula is C7H10O2. The van der Waals surface area contributed by atoms with Crippen LogP contribution < -0.4 is 0 Å². The molecule has 0 saturated heterocycles. The van der Waals surface area contributed by atoms with Crippen LogP contribution in [-0.4, -0.2) is 12.6 Å². The normalized spacial score (nSPS) is 12.1. The van der Waals surface area contributed by atoms with E-state index in [1.165, 1.54) is 0 Å². The number of hydrogen-bond donors (Lipinski definition) is 0. The first kappa shape index (κ1) is 8.08. The smallest absolute Gasteiger partial charge is 0.127 e. The van der Waals surface area contributed by atoms with Crippen LogP contribution in [0.5, 0.6) is 0 Å². The van der Waals surface area contributed by atoms with Gasteiger partial charge in [0, 0.05) is 12.3 Å². The molecule has 0 saturated carbocycles. The summed E-state index contributed by atoms with van der Waals surface area (Å²) in [4.78, 5) is 20.0. The van der Waals surface area contributed by atoms with Crippen LogP contribution in [0.2, 0.25) is 0 Å². The summed E-state index contributed by atoms with van der Waals surface area (Å²) in [6.07, 6.45) is 1.74. The minimum absolute atomic E-state index is 0.263. The third kappa shape index (κ3) is 2.80. The van der Waals surface area contributed by atoms with Crippen LogP contribution >= 0.6 is 0 Å². The van der Waals surface area contributed by atoms with Crippen molar-refractivity contribution in [2.75, 3.05) is 0 Å². The summed E-state index contributed by atoms with van der Waals surface area (Å²) < 4.78 is 0. The molecule has 0 spiro atoms. The minimum Gasteiger partial charge on any atom is -0.303 e. The van der Waals surface area contributed by atoms with E-state index in [1.807, 2.05) is 0 Å². The molecule has 1 atom stereocenters.